The molecule has 0 aromatic carbocycles. The molecule has 0 fully saturated rings. The van der Waals surface area contributed by atoms with Gasteiger partial charge in [-0.1, -0.05) is 0 Å². The molecule has 98 valence electrons. The maximum Gasteiger partial charge on any atom is 0.325 e. The third-order valence-electron chi connectivity index (χ3n) is 2.30. The molecule has 8 nitrogen and oxygen atoms in total. The van der Waals surface area contributed by atoms with Gasteiger partial charge in [0.2, 0.25) is 10.0 Å². The van der Waals surface area contributed by atoms with Crippen molar-refractivity contribution in [3.8, 4) is 6.07 Å². The summed E-state index contributed by atoms with van der Waals surface area (Å²) < 4.78 is 31.4. The molecular formula is C9H12N4O4S. The van der Waals surface area contributed by atoms with Crippen molar-refractivity contribution in [2.45, 2.75) is 12.2 Å². The quantitative estimate of drug-likeness (QED) is 0.745. The van der Waals surface area contributed by atoms with E-state index in [1.807, 2.05) is 0 Å². The Bertz CT molecular complexity index is 599. The minimum atomic E-state index is -3.99. The Kier molecular flexibility index (Phi) is 3.93. The first kappa shape index (κ1) is 14.0. The number of aryl methyl sites for hydroxylation is 1. The van der Waals surface area contributed by atoms with E-state index in [1.54, 1.807) is 6.07 Å². The number of esters is 1. The van der Waals surface area contributed by atoms with Gasteiger partial charge in [0.05, 0.1) is 13.3 Å². The van der Waals surface area contributed by atoms with E-state index >= 15 is 0 Å². The Balaban J connectivity index is 3.07. The predicted octanol–water partition coefficient (Wildman–Crippen LogP) is -0.405. The molecule has 1 aromatic heterocycles. The van der Waals surface area contributed by atoms with Gasteiger partial charge in [0.25, 0.3) is 0 Å². The van der Waals surface area contributed by atoms with E-state index in [9.17, 15) is 13.2 Å². The molecular weight excluding hydrogens is 260 g/mol. The van der Waals surface area contributed by atoms with Crippen LogP contribution in [-0.4, -0.2) is 36.5 Å². The van der Waals surface area contributed by atoms with Crippen LogP contribution in [0.3, 0.4) is 0 Å². The van der Waals surface area contributed by atoms with Gasteiger partial charge in [-0.2, -0.15) is 10.4 Å². The topological polar surface area (TPSA) is 114 Å². The zero-order valence-corrected chi connectivity index (χ0v) is 10.9. The van der Waals surface area contributed by atoms with Crippen LogP contribution in [0.5, 0.6) is 0 Å². The van der Waals surface area contributed by atoms with Crippen molar-refractivity contribution < 1.29 is 17.9 Å². The highest BCUT2D eigenvalue weighted by molar-refractivity contribution is 7.94. The smallest absolute Gasteiger partial charge is 0.325 e. The molecule has 1 N–H and O–H groups in total. The molecule has 1 rings (SSSR count). The van der Waals surface area contributed by atoms with Crippen molar-refractivity contribution in [1.29, 1.82) is 5.26 Å². The number of nitriles is 1. The summed E-state index contributed by atoms with van der Waals surface area (Å²) in [6, 6.07) is 1.79. The largest absolute Gasteiger partial charge is 0.468 e. The van der Waals surface area contributed by atoms with Crippen molar-refractivity contribution in [1.82, 2.24) is 9.78 Å². The second-order valence-electron chi connectivity index (χ2n) is 3.45. The number of carbonyl (C=O) groups excluding carboxylic acids is 1. The molecule has 0 amide bonds. The van der Waals surface area contributed by atoms with Crippen LogP contribution in [0.2, 0.25) is 0 Å². The number of hydrogen-bond acceptors (Lipinski definition) is 6. The lowest BCUT2D eigenvalue weighted by Gasteiger charge is -2.13. The Morgan fingerprint density at radius 3 is 2.78 bits per heavy atom. The molecule has 1 atom stereocenters. The first-order valence-corrected chi connectivity index (χ1v) is 6.39. The number of aromatic nitrogens is 2. The van der Waals surface area contributed by atoms with Gasteiger partial charge < -0.3 is 4.74 Å². The molecule has 0 aliphatic carbocycles. The summed E-state index contributed by atoms with van der Waals surface area (Å²) >= 11 is 0. The number of nitrogens with one attached hydrogen (secondary N) is 1. The highest BCUT2D eigenvalue weighted by atomic mass is 32.2. The van der Waals surface area contributed by atoms with Crippen LogP contribution in [0.15, 0.2) is 6.20 Å². The molecule has 0 spiro atoms. The number of methoxy groups -OCH3 is 1. The second-order valence-corrected chi connectivity index (χ2v) is 5.46. The van der Waals surface area contributed by atoms with E-state index < -0.39 is 21.2 Å². The van der Waals surface area contributed by atoms with Crippen molar-refractivity contribution >= 4 is 21.8 Å². The molecule has 0 bridgehead atoms. The molecule has 9 heteroatoms. The highest BCUT2D eigenvalue weighted by Crippen LogP contribution is 2.16. The normalized spacial score (nSPS) is 12.6. The fourth-order valence-corrected chi connectivity index (χ4v) is 2.19. The number of carbonyl (C=O) groups is 1. The van der Waals surface area contributed by atoms with E-state index in [0.717, 1.165) is 7.11 Å². The van der Waals surface area contributed by atoms with Crippen LogP contribution < -0.4 is 4.72 Å². The van der Waals surface area contributed by atoms with Gasteiger partial charge >= 0.3 is 5.97 Å². The van der Waals surface area contributed by atoms with Gasteiger partial charge in [-0.05, 0) is 6.92 Å². The van der Waals surface area contributed by atoms with Crippen LogP contribution in [0.1, 0.15) is 12.5 Å². The van der Waals surface area contributed by atoms with Crippen LogP contribution in [-0.2, 0) is 26.6 Å². The molecule has 0 saturated heterocycles. The number of anilines is 1. The average molecular weight is 272 g/mol. The lowest BCUT2D eigenvalue weighted by atomic mass is 10.4. The van der Waals surface area contributed by atoms with Crippen LogP contribution >= 0.6 is 0 Å². The average Bonchev–Trinajstić information content (AvgIpc) is 2.68. The second kappa shape index (κ2) is 5.05. The maximum absolute atomic E-state index is 11.9. The molecule has 0 saturated carbocycles. The zero-order chi connectivity index (χ0) is 13.9. The molecule has 1 aromatic rings. The van der Waals surface area contributed by atoms with E-state index in [1.165, 1.54) is 24.9 Å². The SMILES string of the molecule is COC(=O)C(C)S(=O)(=O)Nc1c(C#N)cnn1C. The van der Waals surface area contributed by atoms with Gasteiger partial charge in [-0.3, -0.25) is 14.2 Å². The van der Waals surface area contributed by atoms with Gasteiger partial charge in [0.1, 0.15) is 11.6 Å². The minimum Gasteiger partial charge on any atom is -0.468 e. The standard InChI is InChI=1S/C9H12N4O4S/c1-6(9(14)17-3)18(15,16)12-8-7(4-10)5-11-13(8)2/h5-6,12H,1-3H3. The van der Waals surface area contributed by atoms with Crippen LogP contribution in [0, 0.1) is 11.3 Å². The zero-order valence-electron chi connectivity index (χ0n) is 10.0. The Hall–Kier alpha value is -2.08. The minimum absolute atomic E-state index is 0.00764. The van der Waals surface area contributed by atoms with Gasteiger partial charge in [-0.25, -0.2) is 8.42 Å². The van der Waals surface area contributed by atoms with Crippen LogP contribution in [0.25, 0.3) is 0 Å². The van der Waals surface area contributed by atoms with Gasteiger partial charge in [-0.15, -0.1) is 0 Å². The summed E-state index contributed by atoms with van der Waals surface area (Å²) in [6.45, 7) is 1.19. The summed E-state index contributed by atoms with van der Waals surface area (Å²) in [5, 5.41) is 11.2. The van der Waals surface area contributed by atoms with E-state index in [0.29, 0.717) is 0 Å². The van der Waals surface area contributed by atoms with Crippen molar-refractivity contribution in [2.24, 2.45) is 7.05 Å². The number of ether oxygens (including phenoxy) is 1. The Morgan fingerprint density at radius 1 is 1.67 bits per heavy atom. The molecule has 0 aliphatic heterocycles. The summed E-state index contributed by atoms with van der Waals surface area (Å²) in [6.07, 6.45) is 1.22. The Morgan fingerprint density at radius 2 is 2.28 bits per heavy atom. The van der Waals surface area contributed by atoms with Crippen molar-refractivity contribution in [2.75, 3.05) is 11.8 Å². The van der Waals surface area contributed by atoms with Gasteiger partial charge in [0, 0.05) is 7.05 Å². The van der Waals surface area contributed by atoms with E-state index in [2.05, 4.69) is 14.6 Å². The fraction of sp³-hybridized carbons (Fsp3) is 0.444. The van der Waals surface area contributed by atoms with E-state index in [-0.39, 0.29) is 11.4 Å². The number of rotatable bonds is 4. The van der Waals surface area contributed by atoms with Crippen molar-refractivity contribution in [3.05, 3.63) is 11.8 Å². The highest BCUT2D eigenvalue weighted by Gasteiger charge is 2.30. The third-order valence-corrected chi connectivity index (χ3v) is 3.90. The molecule has 18 heavy (non-hydrogen) atoms. The summed E-state index contributed by atoms with van der Waals surface area (Å²) in [5.41, 5.74) is 0.0677. The summed E-state index contributed by atoms with van der Waals surface area (Å²) in [4.78, 5) is 11.2. The molecule has 0 radical (unpaired) electrons. The fourth-order valence-electron chi connectivity index (χ4n) is 1.16. The van der Waals surface area contributed by atoms with E-state index in [4.69, 9.17) is 5.26 Å². The first-order valence-electron chi connectivity index (χ1n) is 4.85. The lowest BCUT2D eigenvalue weighted by Crippen LogP contribution is -2.33. The number of nitrogens with zero attached hydrogens (tertiary/aromatic N) is 3. The first-order chi connectivity index (χ1) is 8.33. The van der Waals surface area contributed by atoms with Crippen LogP contribution in [0.4, 0.5) is 5.82 Å². The lowest BCUT2D eigenvalue weighted by molar-refractivity contribution is -0.139. The molecule has 1 unspecified atom stereocenters. The van der Waals surface area contributed by atoms with Gasteiger partial charge in [0.15, 0.2) is 11.1 Å². The summed E-state index contributed by atoms with van der Waals surface area (Å²) in [7, 11) is -1.42. The summed E-state index contributed by atoms with van der Waals surface area (Å²) in [5.74, 6) is -0.878. The Labute approximate surface area is 104 Å². The number of sulfonamides is 1. The van der Waals surface area contributed by atoms with Crippen molar-refractivity contribution in [3.63, 3.8) is 0 Å². The predicted molar refractivity (Wildman–Crippen MR) is 61.9 cm³/mol. The molecule has 1 heterocycles. The monoisotopic (exact) mass is 272 g/mol. The third kappa shape index (κ3) is 2.60. The number of hydrogen-bond donors (Lipinski definition) is 1. The maximum atomic E-state index is 11.9. The molecule has 0 aliphatic rings.